The molecule has 3 heterocycles. The lowest BCUT2D eigenvalue weighted by Gasteiger charge is -2.27. The number of carbonyl (C=O) groups is 1. The van der Waals surface area contributed by atoms with Gasteiger partial charge in [0.2, 0.25) is 0 Å². The fraction of sp³-hybridized carbons (Fsp3) is 0.211. The summed E-state index contributed by atoms with van der Waals surface area (Å²) in [5.41, 5.74) is 8.27. The van der Waals surface area contributed by atoms with Gasteiger partial charge in [-0.2, -0.15) is 5.10 Å². The van der Waals surface area contributed by atoms with E-state index in [0.717, 1.165) is 11.3 Å². The van der Waals surface area contributed by atoms with Gasteiger partial charge in [0.15, 0.2) is 0 Å². The summed E-state index contributed by atoms with van der Waals surface area (Å²) in [5.74, 6) is 0.168. The van der Waals surface area contributed by atoms with E-state index in [1.807, 2.05) is 41.1 Å². The Bertz CT molecular complexity index is 938. The van der Waals surface area contributed by atoms with Crippen molar-refractivity contribution in [1.29, 1.82) is 0 Å². The number of pyridine rings is 1. The molecule has 1 aromatic carbocycles. The molecule has 3 N–H and O–H groups in total. The van der Waals surface area contributed by atoms with Crippen molar-refractivity contribution >= 4 is 11.7 Å². The largest absolute Gasteiger partial charge is 0.384 e. The molecule has 0 radical (unpaired) electrons. The van der Waals surface area contributed by atoms with Crippen LogP contribution in [0, 0.1) is 0 Å². The van der Waals surface area contributed by atoms with Crippen LogP contribution in [-0.4, -0.2) is 37.2 Å². The lowest BCUT2D eigenvalue weighted by molar-refractivity contribution is 0.0700. The van der Waals surface area contributed by atoms with Crippen LogP contribution in [0.25, 0.3) is 0 Å². The predicted octanol–water partition coefficient (Wildman–Crippen LogP) is 1.60. The van der Waals surface area contributed by atoms with Crippen LogP contribution in [0.3, 0.4) is 0 Å². The van der Waals surface area contributed by atoms with Gasteiger partial charge in [0.1, 0.15) is 17.6 Å². The second kappa shape index (κ2) is 6.61. The Morgan fingerprint density at radius 2 is 1.92 bits per heavy atom. The molecule has 1 aliphatic heterocycles. The van der Waals surface area contributed by atoms with Crippen LogP contribution in [-0.2, 0) is 13.1 Å². The number of fused-ring (bicyclic) bond motifs is 1. The van der Waals surface area contributed by atoms with Gasteiger partial charge < -0.3 is 15.7 Å². The number of hydrogen-bond acceptors (Lipinski definition) is 5. The first-order valence-electron chi connectivity index (χ1n) is 8.43. The number of nitrogen functional groups attached to an aromatic ring is 1. The van der Waals surface area contributed by atoms with E-state index in [9.17, 15) is 9.90 Å². The second-order valence-electron chi connectivity index (χ2n) is 6.27. The summed E-state index contributed by atoms with van der Waals surface area (Å²) in [6, 6.07) is 16.3. The molecule has 132 valence electrons. The number of rotatable bonds is 3. The van der Waals surface area contributed by atoms with Crippen molar-refractivity contribution < 1.29 is 9.90 Å². The molecule has 1 atom stereocenters. The molecule has 0 spiro atoms. The monoisotopic (exact) mass is 349 g/mol. The number of anilines is 1. The maximum atomic E-state index is 12.7. The van der Waals surface area contributed by atoms with E-state index in [1.165, 1.54) is 0 Å². The fourth-order valence-corrected chi connectivity index (χ4v) is 3.13. The number of nitrogens with zero attached hydrogens (tertiary/aromatic N) is 4. The van der Waals surface area contributed by atoms with Gasteiger partial charge in [-0.05, 0) is 23.8 Å². The second-order valence-corrected chi connectivity index (χ2v) is 6.27. The van der Waals surface area contributed by atoms with Crippen LogP contribution in [0.2, 0.25) is 0 Å². The zero-order valence-electron chi connectivity index (χ0n) is 14.1. The summed E-state index contributed by atoms with van der Waals surface area (Å²) >= 11 is 0. The molecule has 7 nitrogen and oxygen atoms in total. The predicted molar refractivity (Wildman–Crippen MR) is 96.1 cm³/mol. The summed E-state index contributed by atoms with van der Waals surface area (Å²) in [7, 11) is 0. The molecule has 2 aromatic heterocycles. The molecule has 4 rings (SSSR count). The average Bonchev–Trinajstić information content (AvgIpc) is 3.10. The van der Waals surface area contributed by atoms with Gasteiger partial charge in [-0.3, -0.25) is 9.48 Å². The molecule has 1 amide bonds. The van der Waals surface area contributed by atoms with E-state index in [2.05, 4.69) is 10.1 Å². The molecule has 0 bridgehead atoms. The highest BCUT2D eigenvalue weighted by molar-refractivity contribution is 5.92. The Labute approximate surface area is 150 Å². The molecular formula is C19H19N5O2. The molecule has 7 heteroatoms. The normalized spacial score (nSPS) is 14.7. The maximum Gasteiger partial charge on any atom is 0.272 e. The van der Waals surface area contributed by atoms with Crippen LogP contribution in [0.5, 0.6) is 0 Å². The summed E-state index contributed by atoms with van der Waals surface area (Å²) < 4.78 is 1.85. The minimum atomic E-state index is -0.783. The molecule has 1 aliphatic rings. The first-order chi connectivity index (χ1) is 12.6. The summed E-state index contributed by atoms with van der Waals surface area (Å²) in [6.45, 7) is 1.53. The SMILES string of the molecule is Nc1cccc(C(=O)N2CCn3nc([C@H](O)c4ccccc4)cc3C2)n1. The highest BCUT2D eigenvalue weighted by atomic mass is 16.3. The maximum absolute atomic E-state index is 12.7. The van der Waals surface area contributed by atoms with Gasteiger partial charge in [-0.25, -0.2) is 4.98 Å². The molecule has 0 unspecified atom stereocenters. The van der Waals surface area contributed by atoms with E-state index in [1.54, 1.807) is 23.1 Å². The van der Waals surface area contributed by atoms with E-state index in [0.29, 0.717) is 36.8 Å². The topological polar surface area (TPSA) is 97.3 Å². The average molecular weight is 349 g/mol. The summed E-state index contributed by atoms with van der Waals surface area (Å²) in [5, 5.41) is 15.0. The van der Waals surface area contributed by atoms with Crippen molar-refractivity contribution in [2.75, 3.05) is 12.3 Å². The van der Waals surface area contributed by atoms with Crippen molar-refractivity contribution in [3.63, 3.8) is 0 Å². The summed E-state index contributed by atoms with van der Waals surface area (Å²) in [4.78, 5) is 18.5. The van der Waals surface area contributed by atoms with E-state index < -0.39 is 6.10 Å². The van der Waals surface area contributed by atoms with E-state index in [-0.39, 0.29) is 5.91 Å². The Morgan fingerprint density at radius 3 is 2.69 bits per heavy atom. The standard InChI is InChI=1S/C19H19N5O2/c20-17-8-4-7-15(21-17)19(26)23-9-10-24-14(12-23)11-16(22-24)18(25)13-5-2-1-3-6-13/h1-8,11,18,25H,9-10,12H2,(H2,20,21)/t18-/m1/s1. The van der Waals surface area contributed by atoms with E-state index in [4.69, 9.17) is 5.73 Å². The number of amides is 1. The number of aromatic nitrogens is 3. The first kappa shape index (κ1) is 16.3. The minimum Gasteiger partial charge on any atom is -0.384 e. The molecular weight excluding hydrogens is 330 g/mol. The van der Waals surface area contributed by atoms with Crippen molar-refractivity contribution in [3.8, 4) is 0 Å². The fourth-order valence-electron chi connectivity index (χ4n) is 3.13. The quantitative estimate of drug-likeness (QED) is 0.748. The molecule has 0 aliphatic carbocycles. The Kier molecular flexibility index (Phi) is 4.14. The number of hydrogen-bond donors (Lipinski definition) is 2. The number of benzene rings is 1. The van der Waals surface area contributed by atoms with E-state index >= 15 is 0 Å². The van der Waals surface area contributed by atoms with Gasteiger partial charge >= 0.3 is 0 Å². The first-order valence-corrected chi connectivity index (χ1v) is 8.43. The van der Waals surface area contributed by atoms with Crippen molar-refractivity contribution in [2.24, 2.45) is 0 Å². The smallest absolute Gasteiger partial charge is 0.272 e. The van der Waals surface area contributed by atoms with Gasteiger partial charge in [-0.1, -0.05) is 36.4 Å². The highest BCUT2D eigenvalue weighted by Crippen LogP contribution is 2.24. The van der Waals surface area contributed by atoms with Crippen molar-refractivity contribution in [2.45, 2.75) is 19.2 Å². The zero-order chi connectivity index (χ0) is 18.1. The number of nitrogens with two attached hydrogens (primary N) is 1. The van der Waals surface area contributed by atoms with Crippen LogP contribution in [0.4, 0.5) is 5.82 Å². The molecule has 0 saturated heterocycles. The van der Waals surface area contributed by atoms with Crippen molar-refractivity contribution in [1.82, 2.24) is 19.7 Å². The summed E-state index contributed by atoms with van der Waals surface area (Å²) in [6.07, 6.45) is -0.783. The number of aliphatic hydroxyl groups excluding tert-OH is 1. The third kappa shape index (κ3) is 3.04. The lowest BCUT2D eigenvalue weighted by atomic mass is 10.1. The van der Waals surface area contributed by atoms with Gasteiger partial charge in [0.25, 0.3) is 5.91 Å². The highest BCUT2D eigenvalue weighted by Gasteiger charge is 2.25. The number of carbonyl (C=O) groups excluding carboxylic acids is 1. The molecule has 0 fully saturated rings. The van der Waals surface area contributed by atoms with Crippen LogP contribution < -0.4 is 5.73 Å². The van der Waals surface area contributed by atoms with Crippen LogP contribution >= 0.6 is 0 Å². The van der Waals surface area contributed by atoms with Crippen molar-refractivity contribution in [3.05, 3.63) is 77.2 Å². The Balaban J connectivity index is 1.54. The zero-order valence-corrected chi connectivity index (χ0v) is 14.1. The van der Waals surface area contributed by atoms with Gasteiger partial charge in [-0.15, -0.1) is 0 Å². The molecule has 3 aromatic rings. The number of aliphatic hydroxyl groups is 1. The van der Waals surface area contributed by atoms with Gasteiger partial charge in [0.05, 0.1) is 24.5 Å². The Hall–Kier alpha value is -3.19. The molecule has 26 heavy (non-hydrogen) atoms. The molecule has 0 saturated carbocycles. The van der Waals surface area contributed by atoms with Crippen LogP contribution in [0.1, 0.15) is 33.5 Å². The Morgan fingerprint density at radius 1 is 1.12 bits per heavy atom. The minimum absolute atomic E-state index is 0.157. The van der Waals surface area contributed by atoms with Gasteiger partial charge in [0, 0.05) is 6.54 Å². The third-order valence-electron chi connectivity index (χ3n) is 4.49. The lowest BCUT2D eigenvalue weighted by Crippen LogP contribution is -2.38. The third-order valence-corrected chi connectivity index (χ3v) is 4.49. The van der Waals surface area contributed by atoms with Crippen LogP contribution in [0.15, 0.2) is 54.6 Å².